The lowest BCUT2D eigenvalue weighted by Crippen LogP contribution is -2.34. The van der Waals surface area contributed by atoms with E-state index in [4.69, 9.17) is 0 Å². The Kier molecular flexibility index (Phi) is 7.06. The van der Waals surface area contributed by atoms with E-state index < -0.39 is 24.3 Å². The average Bonchev–Trinajstić information content (AvgIpc) is 1.82. The van der Waals surface area contributed by atoms with Gasteiger partial charge in [-0.2, -0.15) is 26.3 Å². The van der Waals surface area contributed by atoms with Gasteiger partial charge in [-0.15, -0.1) is 0 Å². The van der Waals surface area contributed by atoms with Crippen molar-refractivity contribution in [1.82, 2.24) is 12.3 Å². The molecule has 3 radical (unpaired) electrons. The Morgan fingerprint density at radius 1 is 0.800 bits per heavy atom. The van der Waals surface area contributed by atoms with Gasteiger partial charge in [0.25, 0.3) is 0 Å². The van der Waals surface area contributed by atoms with Crippen LogP contribution in [0.4, 0.5) is 26.3 Å². The highest BCUT2D eigenvalue weighted by Crippen LogP contribution is 2.21. The third-order valence-corrected chi connectivity index (χ3v) is 0.648. The van der Waals surface area contributed by atoms with E-state index in [1.807, 2.05) is 0 Å². The summed E-state index contributed by atoms with van der Waals surface area (Å²) in [6.45, 7) is 0. The predicted molar refractivity (Wildman–Crippen MR) is 30.4 cm³/mol. The minimum atomic E-state index is -5.62. The molecule has 0 bridgehead atoms. The summed E-state index contributed by atoms with van der Waals surface area (Å²) >= 11 is 0. The number of nitrogens with zero attached hydrogens (tertiary/aromatic N) is 1. The maximum absolute atomic E-state index is 11.2. The fraction of sp³-hybridized carbons (Fsp3) is 0.500. The van der Waals surface area contributed by atoms with Crippen LogP contribution < -0.4 is 12.3 Å². The maximum atomic E-state index is 11.2. The molecular formula is C4H3F6N2O3. The summed E-state index contributed by atoms with van der Waals surface area (Å²) in [6, 6.07) is 0. The van der Waals surface area contributed by atoms with Crippen LogP contribution in [0.15, 0.2) is 0 Å². The van der Waals surface area contributed by atoms with Crippen molar-refractivity contribution in [3.05, 3.63) is 0 Å². The SMILES string of the molecule is N.O=C(OC(=O)C(F)(F)F)C(F)(F)F.[N]. The van der Waals surface area contributed by atoms with Crippen molar-refractivity contribution < 1.29 is 40.7 Å². The molecule has 0 amide bonds. The van der Waals surface area contributed by atoms with Gasteiger partial charge < -0.3 is 10.9 Å². The van der Waals surface area contributed by atoms with Gasteiger partial charge in [-0.1, -0.05) is 0 Å². The third kappa shape index (κ3) is 6.68. The number of carbonyl (C=O) groups is 2. The average molecular weight is 241 g/mol. The second-order valence-electron chi connectivity index (χ2n) is 1.67. The van der Waals surface area contributed by atoms with E-state index in [1.54, 1.807) is 0 Å². The molecule has 0 aromatic carbocycles. The molecule has 11 heteroatoms. The lowest BCUT2D eigenvalue weighted by atomic mass is 10.6. The summed E-state index contributed by atoms with van der Waals surface area (Å²) in [7, 11) is 0. The summed E-state index contributed by atoms with van der Waals surface area (Å²) in [5, 5.41) is 0. The lowest BCUT2D eigenvalue weighted by molar-refractivity contribution is -0.221. The zero-order valence-electron chi connectivity index (χ0n) is 6.65. The fourth-order valence-electron chi connectivity index (χ4n) is 0.200. The monoisotopic (exact) mass is 241 g/mol. The maximum Gasteiger partial charge on any atom is 0.491 e. The minimum absolute atomic E-state index is 0. The molecule has 0 aromatic heterocycles. The normalized spacial score (nSPS) is 10.8. The molecule has 0 spiro atoms. The van der Waals surface area contributed by atoms with Gasteiger partial charge >= 0.3 is 24.3 Å². The van der Waals surface area contributed by atoms with E-state index in [-0.39, 0.29) is 12.3 Å². The second kappa shape index (κ2) is 5.50. The first-order valence-corrected chi connectivity index (χ1v) is 2.45. The molecule has 0 saturated carbocycles. The smallest absolute Gasteiger partial charge is 0.380 e. The van der Waals surface area contributed by atoms with Gasteiger partial charge in [-0.25, -0.2) is 9.59 Å². The van der Waals surface area contributed by atoms with Crippen LogP contribution >= 0.6 is 0 Å². The molecule has 0 fully saturated rings. The number of esters is 2. The van der Waals surface area contributed by atoms with E-state index in [0.29, 0.717) is 0 Å². The van der Waals surface area contributed by atoms with Crippen molar-refractivity contribution in [3.63, 3.8) is 0 Å². The highest BCUT2D eigenvalue weighted by molar-refractivity contribution is 5.90. The van der Waals surface area contributed by atoms with E-state index in [1.165, 1.54) is 0 Å². The topological polar surface area (TPSA) is 109 Å². The summed E-state index contributed by atoms with van der Waals surface area (Å²) in [5.74, 6) is -6.40. The first-order valence-electron chi connectivity index (χ1n) is 2.45. The standard InChI is InChI=1S/C4F6O3.H3N.N/c5-3(6,7)1(11)13-2(12)4(8,9)10;;/h;1H3;. The minimum Gasteiger partial charge on any atom is -0.380 e. The van der Waals surface area contributed by atoms with Crippen molar-refractivity contribution in [2.45, 2.75) is 12.4 Å². The lowest BCUT2D eigenvalue weighted by Gasteiger charge is -2.06. The van der Waals surface area contributed by atoms with Crippen molar-refractivity contribution in [2.24, 2.45) is 0 Å². The van der Waals surface area contributed by atoms with Crippen LogP contribution in [-0.2, 0) is 14.3 Å². The van der Waals surface area contributed by atoms with Crippen molar-refractivity contribution in [3.8, 4) is 0 Å². The van der Waals surface area contributed by atoms with E-state index in [2.05, 4.69) is 4.74 Å². The first kappa shape index (κ1) is 19.2. The molecule has 89 valence electrons. The van der Waals surface area contributed by atoms with Crippen LogP contribution in [0.5, 0.6) is 0 Å². The molecule has 15 heavy (non-hydrogen) atoms. The number of ether oxygens (including phenoxy) is 1. The van der Waals surface area contributed by atoms with Crippen LogP contribution in [0, 0.1) is 0 Å². The molecular weight excluding hydrogens is 238 g/mol. The molecule has 0 saturated heterocycles. The molecule has 0 aliphatic carbocycles. The van der Waals surface area contributed by atoms with Gasteiger partial charge in [0.2, 0.25) is 0 Å². The van der Waals surface area contributed by atoms with Crippen LogP contribution in [0.25, 0.3) is 0 Å². The number of rotatable bonds is 0. The number of alkyl halides is 6. The highest BCUT2D eigenvalue weighted by Gasteiger charge is 2.49. The van der Waals surface area contributed by atoms with E-state index in [9.17, 15) is 35.9 Å². The van der Waals surface area contributed by atoms with E-state index >= 15 is 0 Å². The summed E-state index contributed by atoms with van der Waals surface area (Å²) in [6.07, 6.45) is -11.2. The zero-order chi connectivity index (χ0) is 10.9. The second-order valence-corrected chi connectivity index (χ2v) is 1.67. The largest absolute Gasteiger partial charge is 0.491 e. The van der Waals surface area contributed by atoms with Gasteiger partial charge in [-0.3, -0.25) is 0 Å². The van der Waals surface area contributed by atoms with Crippen LogP contribution in [0.1, 0.15) is 0 Å². The predicted octanol–water partition coefficient (Wildman–Crippen LogP) is 0.862. The van der Waals surface area contributed by atoms with Crippen molar-refractivity contribution in [1.29, 1.82) is 0 Å². The summed E-state index contributed by atoms with van der Waals surface area (Å²) in [5.41, 5.74) is 0. The Bertz CT molecular complexity index is 210. The Morgan fingerprint density at radius 2 is 1.00 bits per heavy atom. The van der Waals surface area contributed by atoms with Crippen molar-refractivity contribution in [2.75, 3.05) is 0 Å². The Balaban J connectivity index is -0.000000720. The van der Waals surface area contributed by atoms with Crippen molar-refractivity contribution >= 4 is 11.9 Å². The number of carbonyl (C=O) groups excluding carboxylic acids is 2. The Labute approximate surface area is 78.5 Å². The molecule has 0 aliphatic heterocycles. The van der Waals surface area contributed by atoms with Crippen LogP contribution in [0.3, 0.4) is 0 Å². The Morgan fingerprint density at radius 3 is 1.13 bits per heavy atom. The Hall–Kier alpha value is -1.36. The molecule has 0 atom stereocenters. The zero-order valence-corrected chi connectivity index (χ0v) is 6.65. The summed E-state index contributed by atoms with van der Waals surface area (Å²) in [4.78, 5) is 19.3. The molecule has 0 aromatic rings. The number of hydrogen-bond acceptors (Lipinski definition) is 4. The quantitative estimate of drug-likeness (QED) is 0.385. The number of hydrogen-bond donors (Lipinski definition) is 1. The number of halogens is 6. The highest BCUT2D eigenvalue weighted by atomic mass is 19.4. The molecule has 0 heterocycles. The molecule has 0 aliphatic rings. The third-order valence-electron chi connectivity index (χ3n) is 0.648. The van der Waals surface area contributed by atoms with Gasteiger partial charge in [-0.05, 0) is 0 Å². The van der Waals surface area contributed by atoms with Gasteiger partial charge in [0.05, 0.1) is 0 Å². The van der Waals surface area contributed by atoms with Gasteiger partial charge in [0, 0.05) is 6.15 Å². The van der Waals surface area contributed by atoms with Gasteiger partial charge in [0.15, 0.2) is 0 Å². The van der Waals surface area contributed by atoms with Gasteiger partial charge in [0.1, 0.15) is 0 Å². The first-order chi connectivity index (χ1) is 5.55. The molecule has 0 rings (SSSR count). The molecule has 3 N–H and O–H groups in total. The summed E-state index contributed by atoms with van der Waals surface area (Å²) < 4.78 is 69.7. The molecule has 5 nitrogen and oxygen atoms in total. The fourth-order valence-corrected chi connectivity index (χ4v) is 0.200. The molecule has 0 unspecified atom stereocenters. The van der Waals surface area contributed by atoms with Crippen LogP contribution in [-0.4, -0.2) is 24.3 Å². The van der Waals surface area contributed by atoms with Crippen LogP contribution in [0.2, 0.25) is 0 Å². The van der Waals surface area contributed by atoms with E-state index in [0.717, 1.165) is 0 Å².